The van der Waals surface area contributed by atoms with Gasteiger partial charge in [0.1, 0.15) is 0 Å². The van der Waals surface area contributed by atoms with E-state index in [9.17, 15) is 9.59 Å². The van der Waals surface area contributed by atoms with Gasteiger partial charge in [-0.1, -0.05) is 30.3 Å². The molecule has 4 heteroatoms. The summed E-state index contributed by atoms with van der Waals surface area (Å²) in [6.45, 7) is 1.47. The van der Waals surface area contributed by atoms with Gasteiger partial charge in [-0.05, 0) is 12.5 Å². The number of nitrogens with zero attached hydrogens (tertiary/aromatic N) is 1. The van der Waals surface area contributed by atoms with Crippen LogP contribution >= 0.6 is 0 Å². The van der Waals surface area contributed by atoms with Crippen LogP contribution in [0.5, 0.6) is 0 Å². The minimum absolute atomic E-state index is 0.195. The summed E-state index contributed by atoms with van der Waals surface area (Å²) in [5.41, 5.74) is 0.860. The second-order valence-electron chi connectivity index (χ2n) is 4.30. The molecule has 0 aliphatic carbocycles. The molecule has 1 fully saturated rings. The molecule has 1 aliphatic heterocycles. The van der Waals surface area contributed by atoms with Gasteiger partial charge in [0.2, 0.25) is 11.8 Å². The molecule has 1 saturated heterocycles. The maximum atomic E-state index is 12.1. The number of hydrogen-bond donors (Lipinski definition) is 1. The van der Waals surface area contributed by atoms with Crippen LogP contribution in [0.25, 0.3) is 0 Å². The first-order valence-electron chi connectivity index (χ1n) is 5.67. The van der Waals surface area contributed by atoms with Crippen LogP contribution < -0.4 is 0 Å². The number of benzene rings is 1. The lowest BCUT2D eigenvalue weighted by Crippen LogP contribution is -2.40. The van der Waals surface area contributed by atoms with Gasteiger partial charge in [-0.15, -0.1) is 0 Å². The minimum Gasteiger partial charge on any atom is -0.394 e. The van der Waals surface area contributed by atoms with E-state index in [1.807, 2.05) is 30.3 Å². The molecule has 2 unspecified atom stereocenters. The molecule has 1 aromatic carbocycles. The second kappa shape index (κ2) is 4.67. The molecule has 0 bridgehead atoms. The summed E-state index contributed by atoms with van der Waals surface area (Å²) in [5, 5.41) is 9.04. The van der Waals surface area contributed by atoms with Crippen LogP contribution in [0.3, 0.4) is 0 Å². The zero-order chi connectivity index (χ0) is 12.4. The SMILES string of the molecule is CC(CO)N1C(=O)CC(c2ccccc2)C1=O. The number of aliphatic hydroxyl groups is 1. The van der Waals surface area contributed by atoms with Gasteiger partial charge < -0.3 is 5.11 Å². The Kier molecular flexibility index (Phi) is 3.24. The van der Waals surface area contributed by atoms with Crippen LogP contribution in [0.4, 0.5) is 0 Å². The molecule has 1 aliphatic rings. The number of amides is 2. The van der Waals surface area contributed by atoms with Crippen molar-refractivity contribution in [3.63, 3.8) is 0 Å². The Morgan fingerprint density at radius 2 is 2.00 bits per heavy atom. The predicted octanol–water partition coefficient (Wildman–Crippen LogP) is 0.910. The average molecular weight is 233 g/mol. The van der Waals surface area contributed by atoms with E-state index in [1.165, 1.54) is 4.90 Å². The second-order valence-corrected chi connectivity index (χ2v) is 4.30. The maximum absolute atomic E-state index is 12.1. The normalized spacial score (nSPS) is 22.0. The summed E-state index contributed by atoms with van der Waals surface area (Å²) < 4.78 is 0. The highest BCUT2D eigenvalue weighted by atomic mass is 16.3. The van der Waals surface area contributed by atoms with Gasteiger partial charge in [-0.3, -0.25) is 14.5 Å². The Morgan fingerprint density at radius 1 is 1.35 bits per heavy atom. The molecule has 17 heavy (non-hydrogen) atoms. The average Bonchev–Trinajstić information content (AvgIpc) is 2.65. The predicted molar refractivity (Wildman–Crippen MR) is 62.2 cm³/mol. The Balaban J connectivity index is 2.25. The van der Waals surface area contributed by atoms with E-state index in [0.717, 1.165) is 5.56 Å². The van der Waals surface area contributed by atoms with E-state index in [-0.39, 0.29) is 24.8 Å². The van der Waals surface area contributed by atoms with Gasteiger partial charge >= 0.3 is 0 Å². The maximum Gasteiger partial charge on any atom is 0.237 e. The summed E-state index contributed by atoms with van der Waals surface area (Å²) in [4.78, 5) is 25.1. The van der Waals surface area contributed by atoms with Gasteiger partial charge in [0.05, 0.1) is 18.6 Å². The third-order valence-corrected chi connectivity index (χ3v) is 3.09. The Morgan fingerprint density at radius 3 is 2.59 bits per heavy atom. The van der Waals surface area contributed by atoms with Crippen molar-refractivity contribution in [3.05, 3.63) is 35.9 Å². The highest BCUT2D eigenvalue weighted by Crippen LogP contribution is 2.30. The standard InChI is InChI=1S/C13H15NO3/c1-9(8-15)14-12(16)7-11(13(14)17)10-5-3-2-4-6-10/h2-6,9,11,15H,7-8H2,1H3. The molecule has 1 heterocycles. The number of aliphatic hydroxyl groups excluding tert-OH is 1. The first-order chi connectivity index (χ1) is 8.15. The number of carbonyl (C=O) groups excluding carboxylic acids is 2. The number of imide groups is 1. The monoisotopic (exact) mass is 233 g/mol. The molecule has 0 saturated carbocycles. The first kappa shape index (κ1) is 11.8. The fourth-order valence-electron chi connectivity index (χ4n) is 2.14. The molecule has 0 radical (unpaired) electrons. The van der Waals surface area contributed by atoms with Crippen molar-refractivity contribution in [3.8, 4) is 0 Å². The van der Waals surface area contributed by atoms with Crippen molar-refractivity contribution in [1.29, 1.82) is 0 Å². The molecule has 90 valence electrons. The number of carbonyl (C=O) groups is 2. The van der Waals surface area contributed by atoms with Crippen molar-refractivity contribution in [2.75, 3.05) is 6.61 Å². The molecule has 2 atom stereocenters. The molecule has 0 spiro atoms. The summed E-state index contributed by atoms with van der Waals surface area (Å²) >= 11 is 0. The van der Waals surface area contributed by atoms with Crippen molar-refractivity contribution in [2.45, 2.75) is 25.3 Å². The fourth-order valence-corrected chi connectivity index (χ4v) is 2.14. The first-order valence-corrected chi connectivity index (χ1v) is 5.67. The quantitative estimate of drug-likeness (QED) is 0.789. The van der Waals surface area contributed by atoms with E-state index in [0.29, 0.717) is 0 Å². The highest BCUT2D eigenvalue weighted by Gasteiger charge is 2.41. The smallest absolute Gasteiger partial charge is 0.237 e. The lowest BCUT2D eigenvalue weighted by atomic mass is 9.98. The van der Waals surface area contributed by atoms with Crippen LogP contribution in [-0.4, -0.2) is 34.5 Å². The van der Waals surface area contributed by atoms with Crippen molar-refractivity contribution in [2.24, 2.45) is 0 Å². The van der Waals surface area contributed by atoms with Gasteiger partial charge in [0, 0.05) is 6.42 Å². The summed E-state index contributed by atoms with van der Waals surface area (Å²) in [6, 6.07) is 8.84. The fraction of sp³-hybridized carbons (Fsp3) is 0.385. The van der Waals surface area contributed by atoms with Gasteiger partial charge in [-0.25, -0.2) is 0 Å². The minimum atomic E-state index is -0.441. The summed E-state index contributed by atoms with van der Waals surface area (Å²) in [5.74, 6) is -0.800. The molecule has 2 rings (SSSR count). The van der Waals surface area contributed by atoms with E-state index >= 15 is 0 Å². The van der Waals surface area contributed by atoms with E-state index < -0.39 is 12.0 Å². The topological polar surface area (TPSA) is 57.6 Å². The number of hydrogen-bond acceptors (Lipinski definition) is 3. The summed E-state index contributed by atoms with van der Waals surface area (Å²) in [7, 11) is 0. The number of rotatable bonds is 3. The number of likely N-dealkylation sites (tertiary alicyclic amines) is 1. The van der Waals surface area contributed by atoms with Crippen LogP contribution in [0, 0.1) is 0 Å². The zero-order valence-electron chi connectivity index (χ0n) is 9.67. The van der Waals surface area contributed by atoms with E-state index in [2.05, 4.69) is 0 Å². The third kappa shape index (κ3) is 2.08. The molecule has 1 N–H and O–H groups in total. The van der Waals surface area contributed by atoms with Crippen LogP contribution in [0.2, 0.25) is 0 Å². The molecular formula is C13H15NO3. The van der Waals surface area contributed by atoms with Gasteiger partial charge in [-0.2, -0.15) is 0 Å². The Labute approximate surface area is 99.9 Å². The van der Waals surface area contributed by atoms with Gasteiger partial charge in [0.25, 0.3) is 0 Å². The van der Waals surface area contributed by atoms with Gasteiger partial charge in [0.15, 0.2) is 0 Å². The van der Waals surface area contributed by atoms with Crippen LogP contribution in [-0.2, 0) is 9.59 Å². The van der Waals surface area contributed by atoms with Crippen LogP contribution in [0.1, 0.15) is 24.8 Å². The Hall–Kier alpha value is -1.68. The molecule has 1 aromatic rings. The Bertz CT molecular complexity index is 430. The van der Waals surface area contributed by atoms with Crippen LogP contribution in [0.15, 0.2) is 30.3 Å². The summed E-state index contributed by atoms with van der Waals surface area (Å²) in [6.07, 6.45) is 0.202. The largest absolute Gasteiger partial charge is 0.394 e. The molecule has 4 nitrogen and oxygen atoms in total. The molecule has 2 amide bonds. The van der Waals surface area contributed by atoms with Crippen molar-refractivity contribution < 1.29 is 14.7 Å². The molecular weight excluding hydrogens is 218 g/mol. The zero-order valence-corrected chi connectivity index (χ0v) is 9.67. The molecule has 0 aromatic heterocycles. The van der Waals surface area contributed by atoms with Crippen molar-refractivity contribution in [1.82, 2.24) is 4.90 Å². The third-order valence-electron chi connectivity index (χ3n) is 3.09. The van der Waals surface area contributed by atoms with E-state index in [4.69, 9.17) is 5.11 Å². The highest BCUT2D eigenvalue weighted by molar-refractivity contribution is 6.06. The lowest BCUT2D eigenvalue weighted by Gasteiger charge is -2.20. The van der Waals surface area contributed by atoms with Crippen molar-refractivity contribution >= 4 is 11.8 Å². The lowest BCUT2D eigenvalue weighted by molar-refractivity contribution is -0.141. The van der Waals surface area contributed by atoms with E-state index in [1.54, 1.807) is 6.92 Å².